The molecule has 0 aliphatic heterocycles. The fraction of sp³-hybridized carbons (Fsp3) is 0.0556. The number of aliphatic hydroxyl groups is 1. The van der Waals surface area contributed by atoms with Crippen LogP contribution in [0.4, 0.5) is 5.69 Å². The molecule has 2 rings (SSSR count). The number of anilines is 1. The van der Waals surface area contributed by atoms with Gasteiger partial charge in [-0.3, -0.25) is 14.4 Å². The molecule has 0 saturated heterocycles. The minimum absolute atomic E-state index is 0.0914. The maximum absolute atomic E-state index is 11.9. The van der Waals surface area contributed by atoms with Crippen molar-refractivity contribution in [2.75, 3.05) is 5.32 Å². The minimum atomic E-state index is -0.883. The third-order valence-corrected chi connectivity index (χ3v) is 3.71. The van der Waals surface area contributed by atoms with Crippen molar-refractivity contribution in [2.45, 2.75) is 6.92 Å². The highest BCUT2D eigenvalue weighted by Gasteiger charge is 2.13. The number of carbonyl (C=O) groups is 3. The molecule has 0 bridgehead atoms. The molecule has 0 aliphatic carbocycles. The van der Waals surface area contributed by atoms with Crippen LogP contribution in [-0.2, 0) is 9.59 Å². The van der Waals surface area contributed by atoms with Crippen LogP contribution in [0.1, 0.15) is 22.8 Å². The number of aliphatic hydroxyl groups excluding tert-OH is 1. The number of amides is 1. The number of rotatable bonds is 5. The number of benzene rings is 2. The number of hydrogen-bond acceptors (Lipinski definition) is 4. The summed E-state index contributed by atoms with van der Waals surface area (Å²) < 4.78 is 0.831. The first-order chi connectivity index (χ1) is 11.4. The summed E-state index contributed by atoms with van der Waals surface area (Å²) in [5, 5.41) is 12.3. The van der Waals surface area contributed by atoms with Gasteiger partial charge in [-0.2, -0.15) is 0 Å². The zero-order valence-corrected chi connectivity index (χ0v) is 14.3. The minimum Gasteiger partial charge on any atom is -0.507 e. The van der Waals surface area contributed by atoms with Crippen LogP contribution in [0.15, 0.2) is 59.1 Å². The summed E-state index contributed by atoms with van der Waals surface area (Å²) in [5.74, 6) is -2.15. The van der Waals surface area contributed by atoms with E-state index in [9.17, 15) is 19.5 Å². The molecule has 2 aromatic rings. The normalized spacial score (nSPS) is 11.0. The smallest absolute Gasteiger partial charge is 0.296 e. The van der Waals surface area contributed by atoms with Gasteiger partial charge in [-0.25, -0.2) is 0 Å². The molecule has 0 aromatic heterocycles. The summed E-state index contributed by atoms with van der Waals surface area (Å²) in [6.45, 7) is 1.44. The highest BCUT2D eigenvalue weighted by molar-refractivity contribution is 9.10. The van der Waals surface area contributed by atoms with Crippen molar-refractivity contribution < 1.29 is 19.5 Å². The third kappa shape index (κ3) is 4.63. The van der Waals surface area contributed by atoms with Gasteiger partial charge in [-0.05, 0) is 43.3 Å². The van der Waals surface area contributed by atoms with E-state index in [4.69, 9.17) is 0 Å². The van der Waals surface area contributed by atoms with Crippen molar-refractivity contribution in [1.29, 1.82) is 0 Å². The van der Waals surface area contributed by atoms with E-state index in [0.29, 0.717) is 16.8 Å². The molecular formula is C18H14BrNO4. The summed E-state index contributed by atoms with van der Waals surface area (Å²) in [5.41, 5.74) is 1.31. The molecule has 1 amide bonds. The number of Topliss-reactive ketones (excluding diaryl/α,β-unsaturated/α-hetero) is 1. The van der Waals surface area contributed by atoms with Crippen LogP contribution in [0.2, 0.25) is 0 Å². The summed E-state index contributed by atoms with van der Waals surface area (Å²) in [4.78, 5) is 34.9. The molecule has 5 nitrogen and oxygen atoms in total. The molecule has 0 atom stereocenters. The Balaban J connectivity index is 2.06. The van der Waals surface area contributed by atoms with Crippen LogP contribution in [0.25, 0.3) is 5.76 Å². The van der Waals surface area contributed by atoms with E-state index in [-0.39, 0.29) is 11.5 Å². The van der Waals surface area contributed by atoms with Gasteiger partial charge in [-0.1, -0.05) is 28.1 Å². The second-order valence-electron chi connectivity index (χ2n) is 4.99. The quantitative estimate of drug-likeness (QED) is 0.354. The molecule has 0 unspecified atom stereocenters. The number of halogens is 1. The summed E-state index contributed by atoms with van der Waals surface area (Å²) in [6.07, 6.45) is 0.864. The fourth-order valence-electron chi connectivity index (χ4n) is 1.87. The lowest BCUT2D eigenvalue weighted by Crippen LogP contribution is -2.21. The SMILES string of the molecule is CC(=O)c1ccc(NC(=O)C(=O)/C=C(\O)c2ccc(Br)cc2)cc1. The van der Waals surface area contributed by atoms with E-state index in [1.165, 1.54) is 19.1 Å². The van der Waals surface area contributed by atoms with Crippen LogP contribution in [0, 0.1) is 0 Å². The van der Waals surface area contributed by atoms with E-state index < -0.39 is 11.7 Å². The summed E-state index contributed by atoms with van der Waals surface area (Å²) >= 11 is 3.27. The van der Waals surface area contributed by atoms with Gasteiger partial charge >= 0.3 is 0 Å². The molecule has 24 heavy (non-hydrogen) atoms. The second kappa shape index (κ2) is 7.70. The summed E-state index contributed by atoms with van der Waals surface area (Å²) in [7, 11) is 0. The van der Waals surface area contributed by atoms with E-state index in [2.05, 4.69) is 21.2 Å². The zero-order chi connectivity index (χ0) is 17.7. The van der Waals surface area contributed by atoms with Gasteiger partial charge in [0.15, 0.2) is 5.78 Å². The zero-order valence-electron chi connectivity index (χ0n) is 12.7. The Morgan fingerprint density at radius 2 is 1.50 bits per heavy atom. The van der Waals surface area contributed by atoms with Crippen molar-refractivity contribution in [3.8, 4) is 0 Å². The first-order valence-corrected chi connectivity index (χ1v) is 7.79. The molecule has 0 saturated carbocycles. The molecule has 0 radical (unpaired) electrons. The van der Waals surface area contributed by atoms with Crippen LogP contribution >= 0.6 is 15.9 Å². The number of hydrogen-bond donors (Lipinski definition) is 2. The standard InChI is InChI=1S/C18H14BrNO4/c1-11(21)12-4-8-15(9-5-12)20-18(24)17(23)10-16(22)13-2-6-14(19)7-3-13/h2-10,22H,1H3,(H,20,24)/b16-10-. The van der Waals surface area contributed by atoms with Crippen LogP contribution in [-0.4, -0.2) is 22.6 Å². The molecule has 0 heterocycles. The van der Waals surface area contributed by atoms with E-state index >= 15 is 0 Å². The number of ketones is 2. The van der Waals surface area contributed by atoms with Gasteiger partial charge in [0, 0.05) is 27.4 Å². The average Bonchev–Trinajstić information content (AvgIpc) is 2.55. The topological polar surface area (TPSA) is 83.5 Å². The average molecular weight is 388 g/mol. The van der Waals surface area contributed by atoms with E-state index in [1.807, 2.05) is 0 Å². The number of carbonyl (C=O) groups excluding carboxylic acids is 3. The van der Waals surface area contributed by atoms with Crippen molar-refractivity contribution in [3.63, 3.8) is 0 Å². The Morgan fingerprint density at radius 1 is 0.958 bits per heavy atom. The Bertz CT molecular complexity index is 808. The van der Waals surface area contributed by atoms with Crippen molar-refractivity contribution in [2.24, 2.45) is 0 Å². The van der Waals surface area contributed by atoms with E-state index in [1.54, 1.807) is 36.4 Å². The molecule has 2 N–H and O–H groups in total. The molecule has 122 valence electrons. The Labute approximate surface area is 147 Å². The monoisotopic (exact) mass is 387 g/mol. The molecular weight excluding hydrogens is 374 g/mol. The summed E-state index contributed by atoms with van der Waals surface area (Å²) in [6, 6.07) is 12.8. The molecule has 0 spiro atoms. The Hall–Kier alpha value is -2.73. The van der Waals surface area contributed by atoms with Gasteiger partial charge in [0.2, 0.25) is 5.78 Å². The van der Waals surface area contributed by atoms with Crippen molar-refractivity contribution in [3.05, 3.63) is 70.2 Å². The maximum Gasteiger partial charge on any atom is 0.296 e. The predicted molar refractivity (Wildman–Crippen MR) is 94.8 cm³/mol. The maximum atomic E-state index is 11.9. The molecule has 6 heteroatoms. The molecule has 0 aliphatic rings. The van der Waals surface area contributed by atoms with Crippen molar-refractivity contribution in [1.82, 2.24) is 0 Å². The lowest BCUT2D eigenvalue weighted by molar-refractivity contribution is -0.131. The highest BCUT2D eigenvalue weighted by atomic mass is 79.9. The Morgan fingerprint density at radius 3 is 2.04 bits per heavy atom. The van der Waals surface area contributed by atoms with Crippen LogP contribution in [0.3, 0.4) is 0 Å². The largest absolute Gasteiger partial charge is 0.507 e. The van der Waals surface area contributed by atoms with Crippen molar-refractivity contribution >= 4 is 44.9 Å². The highest BCUT2D eigenvalue weighted by Crippen LogP contribution is 2.16. The first kappa shape index (κ1) is 17.6. The van der Waals surface area contributed by atoms with Gasteiger partial charge in [-0.15, -0.1) is 0 Å². The molecule has 0 fully saturated rings. The lowest BCUT2D eigenvalue weighted by atomic mass is 10.1. The van der Waals surface area contributed by atoms with Gasteiger partial charge in [0.05, 0.1) is 0 Å². The molecule has 2 aromatic carbocycles. The van der Waals surface area contributed by atoms with Gasteiger partial charge in [0.25, 0.3) is 5.91 Å². The number of nitrogens with one attached hydrogen (secondary N) is 1. The second-order valence-corrected chi connectivity index (χ2v) is 5.90. The van der Waals surface area contributed by atoms with Gasteiger partial charge in [0.1, 0.15) is 5.76 Å². The van der Waals surface area contributed by atoms with Gasteiger partial charge < -0.3 is 10.4 Å². The van der Waals surface area contributed by atoms with E-state index in [0.717, 1.165) is 10.5 Å². The lowest BCUT2D eigenvalue weighted by Gasteiger charge is -2.04. The Kier molecular flexibility index (Phi) is 5.65. The first-order valence-electron chi connectivity index (χ1n) is 7.00. The predicted octanol–water partition coefficient (Wildman–Crippen LogP) is 3.76. The fourth-order valence-corrected chi connectivity index (χ4v) is 2.14. The van der Waals surface area contributed by atoms with Crippen LogP contribution in [0.5, 0.6) is 0 Å². The van der Waals surface area contributed by atoms with Crippen LogP contribution < -0.4 is 5.32 Å². The third-order valence-electron chi connectivity index (χ3n) is 3.18.